The fourth-order valence-corrected chi connectivity index (χ4v) is 4.69. The zero-order valence-electron chi connectivity index (χ0n) is 23.0. The van der Waals surface area contributed by atoms with Gasteiger partial charge < -0.3 is 54.4 Å². The Balaban J connectivity index is 2.07. The van der Waals surface area contributed by atoms with E-state index in [-0.39, 0.29) is 0 Å². The van der Waals surface area contributed by atoms with Gasteiger partial charge in [-0.1, -0.05) is 18.2 Å². The predicted molar refractivity (Wildman–Crippen MR) is 137 cm³/mol. The lowest BCUT2D eigenvalue weighted by Crippen LogP contribution is -2.69. The average molecular weight is 585 g/mol. The summed E-state index contributed by atoms with van der Waals surface area (Å²) in [5.74, 6) is -2.72. The molecule has 10 atom stereocenters. The van der Waals surface area contributed by atoms with Gasteiger partial charge in [-0.05, 0) is 12.1 Å². The molecule has 228 valence electrons. The molecule has 2 saturated heterocycles. The van der Waals surface area contributed by atoms with Gasteiger partial charge in [0.25, 0.3) is 0 Å². The van der Waals surface area contributed by atoms with Crippen LogP contribution in [-0.2, 0) is 47.6 Å². The summed E-state index contributed by atoms with van der Waals surface area (Å²) in [6, 6.07) is 6.17. The van der Waals surface area contributed by atoms with E-state index < -0.39 is 98.3 Å². The van der Waals surface area contributed by atoms with E-state index >= 15 is 0 Å². The number of carbonyl (C=O) groups is 4. The van der Waals surface area contributed by atoms with Crippen LogP contribution in [0.3, 0.4) is 0 Å². The van der Waals surface area contributed by atoms with E-state index in [9.17, 15) is 34.5 Å². The number of nitrogens with one attached hydrogen (secondary N) is 2. The largest absolute Gasteiger partial charge is 0.463 e. The monoisotopic (exact) mass is 584 g/mol. The van der Waals surface area contributed by atoms with Crippen molar-refractivity contribution in [3.8, 4) is 0 Å². The number of amides is 1. The van der Waals surface area contributed by atoms with Crippen LogP contribution >= 0.6 is 0 Å². The zero-order chi connectivity index (χ0) is 30.3. The summed E-state index contributed by atoms with van der Waals surface area (Å²) in [5, 5.41) is 36.9. The molecule has 0 aliphatic carbocycles. The molecule has 15 heteroatoms. The maximum absolute atomic E-state index is 12.2. The molecule has 2 fully saturated rings. The maximum Gasteiger partial charge on any atom is 0.303 e. The van der Waals surface area contributed by atoms with E-state index in [2.05, 4.69) is 10.6 Å². The molecule has 0 radical (unpaired) electrons. The molecule has 1 amide bonds. The minimum absolute atomic E-state index is 0.434. The van der Waals surface area contributed by atoms with E-state index in [0.29, 0.717) is 5.69 Å². The Bertz CT molecular complexity index is 1060. The van der Waals surface area contributed by atoms with E-state index in [4.69, 9.17) is 28.4 Å². The molecular weight excluding hydrogens is 548 g/mol. The van der Waals surface area contributed by atoms with Crippen molar-refractivity contribution in [3.63, 3.8) is 0 Å². The Morgan fingerprint density at radius 2 is 1.46 bits per heavy atom. The number of aliphatic hydroxyl groups is 3. The van der Waals surface area contributed by atoms with Crippen LogP contribution < -0.4 is 10.6 Å². The van der Waals surface area contributed by atoms with Gasteiger partial charge in [0.1, 0.15) is 43.1 Å². The number of esters is 3. The number of benzene rings is 1. The van der Waals surface area contributed by atoms with Gasteiger partial charge in [0.05, 0.1) is 6.61 Å². The molecule has 0 aromatic heterocycles. The Morgan fingerprint density at radius 1 is 0.829 bits per heavy atom. The summed E-state index contributed by atoms with van der Waals surface area (Å²) < 4.78 is 33.7. The summed E-state index contributed by atoms with van der Waals surface area (Å²) in [5.41, 5.74) is 0.520. The highest BCUT2D eigenvalue weighted by molar-refractivity contribution is 5.73. The standard InChI is InChI=1S/C26H36N2O13/c1-12(30)27-19-23(21(34)17(10-29)39-25(19)35)41-26-20(28-16-8-6-5-7-9-16)24(38-15(4)33)22(37-14(3)32)18(40-26)11-36-13(2)31/h5-9,17-26,28-29,34-35H,10-11H2,1-4H3,(H,27,30). The third-order valence-electron chi connectivity index (χ3n) is 6.34. The first-order valence-corrected chi connectivity index (χ1v) is 12.9. The maximum atomic E-state index is 12.2. The summed E-state index contributed by atoms with van der Waals surface area (Å²) in [7, 11) is 0. The third kappa shape index (κ3) is 8.58. The minimum atomic E-state index is -1.69. The van der Waals surface area contributed by atoms with Gasteiger partial charge in [-0.25, -0.2) is 0 Å². The van der Waals surface area contributed by atoms with Crippen molar-refractivity contribution >= 4 is 29.5 Å². The SMILES string of the molecule is CC(=O)NC1C(O)OC(CO)C(O)C1OC1OC(COC(C)=O)C(OC(C)=O)C(OC(C)=O)C1Nc1ccccc1. The molecule has 0 spiro atoms. The molecule has 41 heavy (non-hydrogen) atoms. The second kappa shape index (κ2) is 14.5. The Labute approximate surface area is 236 Å². The molecule has 1 aromatic carbocycles. The first-order valence-electron chi connectivity index (χ1n) is 12.9. The fraction of sp³-hybridized carbons (Fsp3) is 0.615. The molecule has 5 N–H and O–H groups in total. The molecule has 15 nitrogen and oxygen atoms in total. The molecule has 3 rings (SSSR count). The summed E-state index contributed by atoms with van der Waals surface area (Å²) in [6.07, 6.45) is -11.2. The smallest absolute Gasteiger partial charge is 0.303 e. The van der Waals surface area contributed by atoms with Gasteiger partial charge >= 0.3 is 17.9 Å². The Hall–Kier alpha value is -3.34. The van der Waals surface area contributed by atoms with Crippen LogP contribution in [0, 0.1) is 0 Å². The lowest BCUT2D eigenvalue weighted by atomic mass is 9.94. The van der Waals surface area contributed by atoms with E-state index in [0.717, 1.165) is 20.8 Å². The Morgan fingerprint density at radius 3 is 2.02 bits per heavy atom. The molecule has 0 bridgehead atoms. The first-order chi connectivity index (χ1) is 19.4. The van der Waals surface area contributed by atoms with Crippen LogP contribution in [0.5, 0.6) is 0 Å². The number of rotatable bonds is 10. The van der Waals surface area contributed by atoms with E-state index in [1.807, 2.05) is 0 Å². The van der Waals surface area contributed by atoms with Gasteiger partial charge in [-0.15, -0.1) is 0 Å². The van der Waals surface area contributed by atoms with Crippen LogP contribution in [0.4, 0.5) is 5.69 Å². The normalized spacial score (nSPS) is 33.2. The summed E-state index contributed by atoms with van der Waals surface area (Å²) in [6.45, 7) is 3.50. The number of hydrogen-bond acceptors (Lipinski definition) is 14. The molecule has 2 heterocycles. The molecule has 10 unspecified atom stereocenters. The van der Waals surface area contributed by atoms with Crippen LogP contribution in [-0.4, -0.2) is 114 Å². The average Bonchev–Trinajstić information content (AvgIpc) is 2.89. The van der Waals surface area contributed by atoms with Crippen LogP contribution in [0.15, 0.2) is 30.3 Å². The highest BCUT2D eigenvalue weighted by atomic mass is 16.7. The first kappa shape index (κ1) is 32.2. The highest BCUT2D eigenvalue weighted by Gasteiger charge is 2.54. The molecule has 2 aliphatic rings. The van der Waals surface area contributed by atoms with E-state index in [1.54, 1.807) is 30.3 Å². The van der Waals surface area contributed by atoms with Crippen molar-refractivity contribution in [2.24, 2.45) is 0 Å². The molecule has 2 aliphatic heterocycles. The number of carbonyl (C=O) groups excluding carboxylic acids is 4. The van der Waals surface area contributed by atoms with Crippen molar-refractivity contribution in [1.82, 2.24) is 5.32 Å². The molecule has 1 aromatic rings. The summed E-state index contributed by atoms with van der Waals surface area (Å²) >= 11 is 0. The van der Waals surface area contributed by atoms with Crippen molar-refractivity contribution in [2.75, 3.05) is 18.5 Å². The number of ether oxygens (including phenoxy) is 6. The van der Waals surface area contributed by atoms with Crippen molar-refractivity contribution in [3.05, 3.63) is 30.3 Å². The fourth-order valence-electron chi connectivity index (χ4n) is 4.69. The molecular formula is C26H36N2O13. The second-order valence-electron chi connectivity index (χ2n) is 9.60. The van der Waals surface area contributed by atoms with Gasteiger partial charge in [-0.3, -0.25) is 19.2 Å². The summed E-state index contributed by atoms with van der Waals surface area (Å²) in [4.78, 5) is 47.8. The van der Waals surface area contributed by atoms with Gasteiger partial charge in [-0.2, -0.15) is 0 Å². The zero-order valence-corrected chi connectivity index (χ0v) is 23.0. The van der Waals surface area contributed by atoms with Crippen molar-refractivity contribution < 1.29 is 62.9 Å². The lowest BCUT2D eigenvalue weighted by molar-refractivity contribution is -0.321. The number of hydrogen-bond donors (Lipinski definition) is 5. The van der Waals surface area contributed by atoms with Crippen LogP contribution in [0.1, 0.15) is 27.7 Å². The van der Waals surface area contributed by atoms with Gasteiger partial charge in [0, 0.05) is 33.4 Å². The molecule has 0 saturated carbocycles. The van der Waals surface area contributed by atoms with Crippen molar-refractivity contribution in [1.29, 1.82) is 0 Å². The number of anilines is 1. The van der Waals surface area contributed by atoms with E-state index in [1.165, 1.54) is 6.92 Å². The highest BCUT2D eigenvalue weighted by Crippen LogP contribution is 2.33. The van der Waals surface area contributed by atoms with Gasteiger partial charge in [0.15, 0.2) is 24.8 Å². The van der Waals surface area contributed by atoms with Crippen LogP contribution in [0.25, 0.3) is 0 Å². The minimum Gasteiger partial charge on any atom is -0.463 e. The topological polar surface area (TPSA) is 208 Å². The third-order valence-corrected chi connectivity index (χ3v) is 6.34. The number of para-hydroxylation sites is 1. The lowest BCUT2D eigenvalue weighted by Gasteiger charge is -2.49. The number of aliphatic hydroxyl groups excluding tert-OH is 3. The van der Waals surface area contributed by atoms with Gasteiger partial charge in [0.2, 0.25) is 5.91 Å². The quantitative estimate of drug-likeness (QED) is 0.158. The second-order valence-corrected chi connectivity index (χ2v) is 9.60. The predicted octanol–water partition coefficient (Wildman–Crippen LogP) is -1.42. The van der Waals surface area contributed by atoms with Crippen molar-refractivity contribution in [2.45, 2.75) is 89.0 Å². The Kier molecular flexibility index (Phi) is 11.4. The van der Waals surface area contributed by atoms with Crippen LogP contribution in [0.2, 0.25) is 0 Å².